The fourth-order valence-corrected chi connectivity index (χ4v) is 2.43. The number of aryl methyl sites for hydroxylation is 2. The lowest BCUT2D eigenvalue weighted by atomic mass is 10.0. The summed E-state index contributed by atoms with van der Waals surface area (Å²) in [4.78, 5) is 11.2. The third kappa shape index (κ3) is 1.54. The quantitative estimate of drug-likeness (QED) is 0.857. The second-order valence-electron chi connectivity index (χ2n) is 4.83. The van der Waals surface area contributed by atoms with E-state index in [0.29, 0.717) is 22.8 Å². The molecule has 1 aliphatic carbocycles. The van der Waals surface area contributed by atoms with E-state index in [-0.39, 0.29) is 0 Å². The molecule has 3 rings (SSSR count). The summed E-state index contributed by atoms with van der Waals surface area (Å²) in [7, 11) is 0. The van der Waals surface area contributed by atoms with Gasteiger partial charge in [0.15, 0.2) is 0 Å². The van der Waals surface area contributed by atoms with Crippen molar-refractivity contribution in [3.63, 3.8) is 0 Å². The zero-order chi connectivity index (χ0) is 12.2. The number of aromatic carboxylic acids is 1. The van der Waals surface area contributed by atoms with Gasteiger partial charge < -0.3 is 9.52 Å². The molecule has 0 saturated heterocycles. The second-order valence-corrected chi connectivity index (χ2v) is 4.83. The molecule has 88 valence electrons. The maximum absolute atomic E-state index is 11.2. The van der Waals surface area contributed by atoms with Gasteiger partial charge in [0.25, 0.3) is 0 Å². The molecule has 1 fully saturated rings. The van der Waals surface area contributed by atoms with E-state index in [1.165, 1.54) is 18.4 Å². The molecule has 0 radical (unpaired) electrons. The fraction of sp³-hybridized carbons (Fsp3) is 0.357. The summed E-state index contributed by atoms with van der Waals surface area (Å²) in [5.41, 5.74) is 3.30. The van der Waals surface area contributed by atoms with Crippen molar-refractivity contribution in [3.05, 3.63) is 34.6 Å². The number of benzene rings is 1. The highest BCUT2D eigenvalue weighted by molar-refractivity contribution is 6.04. The van der Waals surface area contributed by atoms with Crippen LogP contribution >= 0.6 is 0 Å². The molecule has 1 aliphatic rings. The lowest BCUT2D eigenvalue weighted by molar-refractivity contribution is 0.0697. The molecule has 1 saturated carbocycles. The number of fused-ring (bicyclic) bond motifs is 1. The molecule has 2 aromatic rings. The van der Waals surface area contributed by atoms with E-state index in [0.717, 1.165) is 10.9 Å². The van der Waals surface area contributed by atoms with Crippen molar-refractivity contribution in [3.8, 4) is 0 Å². The number of hydrogen-bond donors (Lipinski definition) is 1. The summed E-state index contributed by atoms with van der Waals surface area (Å²) in [6.07, 6.45) is 2.42. The predicted octanol–water partition coefficient (Wildman–Crippen LogP) is 3.63. The van der Waals surface area contributed by atoms with Gasteiger partial charge in [-0.2, -0.15) is 0 Å². The molecule has 17 heavy (non-hydrogen) atoms. The molecule has 0 amide bonds. The van der Waals surface area contributed by atoms with Crippen LogP contribution in [0.3, 0.4) is 0 Å². The van der Waals surface area contributed by atoms with E-state index in [2.05, 4.69) is 6.07 Å². The Morgan fingerprint density at radius 1 is 1.35 bits per heavy atom. The number of rotatable bonds is 2. The van der Waals surface area contributed by atoms with E-state index >= 15 is 0 Å². The molecule has 0 spiro atoms. The lowest BCUT2D eigenvalue weighted by Crippen LogP contribution is -1.97. The topological polar surface area (TPSA) is 50.4 Å². The van der Waals surface area contributed by atoms with Crippen molar-refractivity contribution in [2.75, 3.05) is 0 Å². The second kappa shape index (κ2) is 3.36. The first-order valence-electron chi connectivity index (χ1n) is 5.85. The summed E-state index contributed by atoms with van der Waals surface area (Å²) in [6, 6.07) is 4.11. The molecule has 1 heterocycles. The van der Waals surface area contributed by atoms with Crippen molar-refractivity contribution in [1.82, 2.24) is 0 Å². The summed E-state index contributed by atoms with van der Waals surface area (Å²) < 4.78 is 5.57. The van der Waals surface area contributed by atoms with Gasteiger partial charge in [-0.1, -0.05) is 6.07 Å². The van der Waals surface area contributed by atoms with Gasteiger partial charge in [-0.25, -0.2) is 4.79 Å². The van der Waals surface area contributed by atoms with E-state index in [9.17, 15) is 9.90 Å². The van der Waals surface area contributed by atoms with Crippen LogP contribution in [0.1, 0.15) is 46.0 Å². The van der Waals surface area contributed by atoms with Crippen LogP contribution in [0.4, 0.5) is 0 Å². The number of furan rings is 1. The number of carbonyl (C=O) groups is 1. The third-order valence-corrected chi connectivity index (χ3v) is 3.44. The highest BCUT2D eigenvalue weighted by Gasteiger charge is 2.26. The van der Waals surface area contributed by atoms with Gasteiger partial charge in [0.05, 0.1) is 0 Å². The summed E-state index contributed by atoms with van der Waals surface area (Å²) in [6.45, 7) is 3.68. The molecule has 3 nitrogen and oxygen atoms in total. The van der Waals surface area contributed by atoms with Crippen molar-refractivity contribution < 1.29 is 14.3 Å². The van der Waals surface area contributed by atoms with Crippen LogP contribution in [0.15, 0.2) is 16.5 Å². The van der Waals surface area contributed by atoms with Gasteiger partial charge in [-0.3, -0.25) is 0 Å². The zero-order valence-corrected chi connectivity index (χ0v) is 9.91. The zero-order valence-electron chi connectivity index (χ0n) is 9.91. The number of hydrogen-bond acceptors (Lipinski definition) is 2. The van der Waals surface area contributed by atoms with Crippen LogP contribution in [0.25, 0.3) is 11.0 Å². The standard InChI is InChI=1S/C14H14O3/c1-7-5-10(9-3-4-9)6-11-12(14(15)16)8(2)17-13(7)11/h5-6,9H,3-4H2,1-2H3,(H,15,16). The van der Waals surface area contributed by atoms with E-state index in [4.69, 9.17) is 4.42 Å². The Morgan fingerprint density at radius 3 is 2.65 bits per heavy atom. The molecular formula is C14H14O3. The Kier molecular flexibility index (Phi) is 2.05. The third-order valence-electron chi connectivity index (χ3n) is 3.44. The summed E-state index contributed by atoms with van der Waals surface area (Å²) in [5.74, 6) is 0.201. The van der Waals surface area contributed by atoms with Gasteiger partial charge in [0.2, 0.25) is 0 Å². The Labute approximate surface area is 99.0 Å². The normalized spacial score (nSPS) is 15.4. The molecule has 0 aliphatic heterocycles. The monoisotopic (exact) mass is 230 g/mol. The molecule has 3 heteroatoms. The van der Waals surface area contributed by atoms with Gasteiger partial charge in [0, 0.05) is 5.39 Å². The average Bonchev–Trinajstić information content (AvgIpc) is 3.01. The Balaban J connectivity index is 2.33. The van der Waals surface area contributed by atoms with Gasteiger partial charge >= 0.3 is 5.97 Å². The Morgan fingerprint density at radius 2 is 2.06 bits per heavy atom. The van der Waals surface area contributed by atoms with Crippen LogP contribution in [0, 0.1) is 13.8 Å². The predicted molar refractivity (Wildman–Crippen MR) is 64.6 cm³/mol. The smallest absolute Gasteiger partial charge is 0.339 e. The van der Waals surface area contributed by atoms with Crippen molar-refractivity contribution in [2.24, 2.45) is 0 Å². The summed E-state index contributed by atoms with van der Waals surface area (Å²) in [5, 5.41) is 9.98. The SMILES string of the molecule is Cc1oc2c(C)cc(C3CC3)cc2c1C(=O)O. The highest BCUT2D eigenvalue weighted by atomic mass is 16.4. The van der Waals surface area contributed by atoms with Crippen LogP contribution in [-0.2, 0) is 0 Å². The Bertz CT molecular complexity index is 618. The first kappa shape index (κ1) is 10.4. The molecule has 1 aromatic heterocycles. The molecule has 1 aromatic carbocycles. The molecule has 0 atom stereocenters. The number of carboxylic acids is 1. The molecule has 1 N–H and O–H groups in total. The highest BCUT2D eigenvalue weighted by Crippen LogP contribution is 2.42. The van der Waals surface area contributed by atoms with E-state index in [1.807, 2.05) is 13.0 Å². The van der Waals surface area contributed by atoms with Crippen molar-refractivity contribution in [1.29, 1.82) is 0 Å². The van der Waals surface area contributed by atoms with Gasteiger partial charge in [-0.05, 0) is 49.8 Å². The lowest BCUT2D eigenvalue weighted by Gasteiger charge is -2.01. The first-order chi connectivity index (χ1) is 8.08. The number of carboxylic acid groups (broad SMARTS) is 1. The van der Waals surface area contributed by atoms with Crippen molar-refractivity contribution >= 4 is 16.9 Å². The first-order valence-corrected chi connectivity index (χ1v) is 5.85. The maximum Gasteiger partial charge on any atom is 0.339 e. The van der Waals surface area contributed by atoms with Gasteiger partial charge in [0.1, 0.15) is 16.9 Å². The van der Waals surface area contributed by atoms with E-state index in [1.54, 1.807) is 6.92 Å². The van der Waals surface area contributed by atoms with Crippen molar-refractivity contribution in [2.45, 2.75) is 32.6 Å². The van der Waals surface area contributed by atoms with E-state index < -0.39 is 5.97 Å². The minimum absolute atomic E-state index is 0.311. The summed E-state index contributed by atoms with van der Waals surface area (Å²) >= 11 is 0. The molecule has 0 bridgehead atoms. The van der Waals surface area contributed by atoms with Crippen LogP contribution in [0.5, 0.6) is 0 Å². The average molecular weight is 230 g/mol. The van der Waals surface area contributed by atoms with Crippen LogP contribution in [-0.4, -0.2) is 11.1 Å². The molecular weight excluding hydrogens is 216 g/mol. The largest absolute Gasteiger partial charge is 0.478 e. The maximum atomic E-state index is 11.2. The fourth-order valence-electron chi connectivity index (χ4n) is 2.43. The van der Waals surface area contributed by atoms with Crippen LogP contribution < -0.4 is 0 Å². The molecule has 0 unspecified atom stereocenters. The van der Waals surface area contributed by atoms with Gasteiger partial charge in [-0.15, -0.1) is 0 Å². The Hall–Kier alpha value is -1.77. The minimum atomic E-state index is -0.909. The minimum Gasteiger partial charge on any atom is -0.478 e. The van der Waals surface area contributed by atoms with Crippen LogP contribution in [0.2, 0.25) is 0 Å².